The van der Waals surface area contributed by atoms with E-state index in [-0.39, 0.29) is 23.0 Å². The zero-order valence-corrected chi connectivity index (χ0v) is 9.48. The SMILES string of the molecule is Cl.N[C@H](c1cccc(Cl)c1)[C@@H](O)C(F)(F)F. The molecule has 0 bridgehead atoms. The summed E-state index contributed by atoms with van der Waals surface area (Å²) in [6.07, 6.45) is -7.32. The van der Waals surface area contributed by atoms with Gasteiger partial charge in [0.25, 0.3) is 0 Å². The Morgan fingerprint density at radius 2 is 1.88 bits per heavy atom. The molecule has 0 radical (unpaired) electrons. The maximum atomic E-state index is 12.1. The van der Waals surface area contributed by atoms with Gasteiger partial charge in [0.1, 0.15) is 0 Å². The van der Waals surface area contributed by atoms with Gasteiger partial charge >= 0.3 is 6.18 Å². The second-order valence-corrected chi connectivity index (χ2v) is 3.50. The Bertz CT molecular complexity index is 346. The van der Waals surface area contributed by atoms with Crippen LogP contribution in [-0.4, -0.2) is 17.4 Å². The summed E-state index contributed by atoms with van der Waals surface area (Å²) in [5, 5.41) is 9.18. The van der Waals surface area contributed by atoms with Crippen LogP contribution in [0.15, 0.2) is 24.3 Å². The molecule has 0 spiro atoms. The maximum absolute atomic E-state index is 12.1. The third-order valence-corrected chi connectivity index (χ3v) is 2.14. The lowest BCUT2D eigenvalue weighted by Crippen LogP contribution is -2.38. The number of rotatable bonds is 2. The van der Waals surface area contributed by atoms with Gasteiger partial charge in [0.2, 0.25) is 0 Å². The van der Waals surface area contributed by atoms with Gasteiger partial charge in [-0.1, -0.05) is 23.7 Å². The normalized spacial score (nSPS) is 15.1. The van der Waals surface area contributed by atoms with Gasteiger partial charge in [0.05, 0.1) is 6.04 Å². The Balaban J connectivity index is 0.00000225. The molecule has 1 aromatic carbocycles. The van der Waals surface area contributed by atoms with Crippen LogP contribution in [0.25, 0.3) is 0 Å². The largest absolute Gasteiger partial charge is 0.416 e. The van der Waals surface area contributed by atoms with Crippen molar-refractivity contribution in [1.29, 1.82) is 0 Å². The number of hydrogen-bond donors (Lipinski definition) is 2. The van der Waals surface area contributed by atoms with Gasteiger partial charge in [-0.25, -0.2) is 0 Å². The van der Waals surface area contributed by atoms with E-state index in [0.29, 0.717) is 0 Å². The Morgan fingerprint density at radius 3 is 2.31 bits per heavy atom. The number of halogens is 5. The molecule has 3 N–H and O–H groups in total. The summed E-state index contributed by atoms with van der Waals surface area (Å²) in [6.45, 7) is 0. The van der Waals surface area contributed by atoms with Crippen LogP contribution in [0.2, 0.25) is 5.02 Å². The first-order chi connectivity index (χ1) is 6.82. The summed E-state index contributed by atoms with van der Waals surface area (Å²) >= 11 is 5.59. The van der Waals surface area contributed by atoms with Gasteiger partial charge < -0.3 is 10.8 Å². The van der Waals surface area contributed by atoms with Crippen LogP contribution in [0.4, 0.5) is 13.2 Å². The van der Waals surface area contributed by atoms with Crippen molar-refractivity contribution in [3.63, 3.8) is 0 Å². The van der Waals surface area contributed by atoms with Gasteiger partial charge in [0, 0.05) is 5.02 Å². The Kier molecular flexibility index (Phi) is 5.55. The van der Waals surface area contributed by atoms with Crippen molar-refractivity contribution in [3.05, 3.63) is 34.9 Å². The first-order valence-corrected chi connectivity index (χ1v) is 4.46. The summed E-state index contributed by atoms with van der Waals surface area (Å²) in [4.78, 5) is 0. The third kappa shape index (κ3) is 3.83. The van der Waals surface area contributed by atoms with E-state index in [4.69, 9.17) is 22.4 Å². The Labute approximate surface area is 102 Å². The number of aliphatic hydroxyl groups is 1. The summed E-state index contributed by atoms with van der Waals surface area (Å²) in [7, 11) is 0. The fourth-order valence-corrected chi connectivity index (χ4v) is 1.30. The fourth-order valence-electron chi connectivity index (χ4n) is 1.10. The Hall–Kier alpha value is -0.490. The zero-order valence-electron chi connectivity index (χ0n) is 7.91. The second kappa shape index (κ2) is 5.72. The molecular weight excluding hydrogens is 266 g/mol. The number of alkyl halides is 3. The molecule has 0 unspecified atom stereocenters. The third-order valence-electron chi connectivity index (χ3n) is 1.91. The molecule has 0 amide bonds. The zero-order chi connectivity index (χ0) is 11.6. The molecule has 7 heteroatoms. The molecule has 2 atom stereocenters. The molecule has 2 nitrogen and oxygen atoms in total. The van der Waals surface area contributed by atoms with Crippen LogP contribution in [0.3, 0.4) is 0 Å². The second-order valence-electron chi connectivity index (χ2n) is 3.07. The fraction of sp³-hybridized carbons (Fsp3) is 0.333. The molecule has 0 aliphatic carbocycles. The number of hydrogen-bond acceptors (Lipinski definition) is 2. The van der Waals surface area contributed by atoms with Gasteiger partial charge in [-0.3, -0.25) is 0 Å². The lowest BCUT2D eigenvalue weighted by atomic mass is 10.0. The van der Waals surface area contributed by atoms with E-state index in [2.05, 4.69) is 0 Å². The summed E-state index contributed by atoms with van der Waals surface area (Å²) in [5.41, 5.74) is 5.41. The van der Waals surface area contributed by atoms with Crippen LogP contribution in [0, 0.1) is 0 Å². The van der Waals surface area contributed by atoms with E-state index in [1.165, 1.54) is 24.3 Å². The molecule has 0 saturated carbocycles. The summed E-state index contributed by atoms with van der Waals surface area (Å²) < 4.78 is 36.4. The van der Waals surface area contributed by atoms with Crippen LogP contribution < -0.4 is 5.73 Å². The maximum Gasteiger partial charge on any atom is 0.416 e. The average Bonchev–Trinajstić information content (AvgIpc) is 2.14. The van der Waals surface area contributed by atoms with E-state index in [0.717, 1.165) is 0 Å². The molecule has 0 heterocycles. The van der Waals surface area contributed by atoms with Crippen molar-refractivity contribution in [2.24, 2.45) is 5.73 Å². The highest BCUT2D eigenvalue weighted by Crippen LogP contribution is 2.29. The molecule has 92 valence electrons. The summed E-state index contributed by atoms with van der Waals surface area (Å²) in [5.74, 6) is 0. The van der Waals surface area contributed by atoms with E-state index in [1.807, 2.05) is 0 Å². The molecule has 0 saturated heterocycles. The molecule has 0 aromatic heterocycles. The number of nitrogens with two attached hydrogens (primary N) is 1. The average molecular weight is 276 g/mol. The quantitative estimate of drug-likeness (QED) is 0.872. The molecule has 0 fully saturated rings. The highest BCUT2D eigenvalue weighted by molar-refractivity contribution is 6.30. The molecular formula is C9H10Cl2F3NO. The minimum Gasteiger partial charge on any atom is -0.382 e. The van der Waals surface area contributed by atoms with E-state index >= 15 is 0 Å². The van der Waals surface area contributed by atoms with Crippen LogP contribution in [-0.2, 0) is 0 Å². The first-order valence-electron chi connectivity index (χ1n) is 4.08. The van der Waals surface area contributed by atoms with Crippen molar-refractivity contribution in [3.8, 4) is 0 Å². The van der Waals surface area contributed by atoms with E-state index < -0.39 is 18.3 Å². The molecule has 0 aliphatic rings. The smallest absolute Gasteiger partial charge is 0.382 e. The van der Waals surface area contributed by atoms with Gasteiger partial charge in [-0.2, -0.15) is 13.2 Å². The van der Waals surface area contributed by atoms with Crippen LogP contribution >= 0.6 is 24.0 Å². The van der Waals surface area contributed by atoms with Gasteiger partial charge in [-0.15, -0.1) is 12.4 Å². The predicted octanol–water partition coefficient (Wildman–Crippen LogP) is 2.68. The minimum atomic E-state index is -4.73. The predicted molar refractivity (Wildman–Crippen MR) is 57.7 cm³/mol. The highest BCUT2D eigenvalue weighted by Gasteiger charge is 2.42. The first kappa shape index (κ1) is 15.5. The number of benzene rings is 1. The van der Waals surface area contributed by atoms with Crippen molar-refractivity contribution >= 4 is 24.0 Å². The lowest BCUT2D eigenvalue weighted by Gasteiger charge is -2.21. The van der Waals surface area contributed by atoms with E-state index in [1.54, 1.807) is 0 Å². The van der Waals surface area contributed by atoms with Gasteiger partial charge in [0.15, 0.2) is 6.10 Å². The van der Waals surface area contributed by atoms with Crippen molar-refractivity contribution in [2.45, 2.75) is 18.3 Å². The molecule has 16 heavy (non-hydrogen) atoms. The molecule has 0 aliphatic heterocycles. The Morgan fingerprint density at radius 1 is 1.31 bits per heavy atom. The minimum absolute atomic E-state index is 0. The standard InChI is InChI=1S/C9H9ClF3NO.ClH/c10-6-3-1-2-5(4-6)7(14)8(15)9(11,12)13;/h1-4,7-8,15H,14H2;1H/t7-,8-;/m1./s1. The van der Waals surface area contributed by atoms with E-state index in [9.17, 15) is 13.2 Å². The monoisotopic (exact) mass is 275 g/mol. The van der Waals surface area contributed by atoms with Crippen molar-refractivity contribution in [2.75, 3.05) is 0 Å². The lowest BCUT2D eigenvalue weighted by molar-refractivity contribution is -0.210. The molecule has 1 aromatic rings. The van der Waals surface area contributed by atoms with Crippen molar-refractivity contribution < 1.29 is 18.3 Å². The van der Waals surface area contributed by atoms with Crippen molar-refractivity contribution in [1.82, 2.24) is 0 Å². The van der Waals surface area contributed by atoms with Crippen LogP contribution in [0.1, 0.15) is 11.6 Å². The van der Waals surface area contributed by atoms with Gasteiger partial charge in [-0.05, 0) is 17.7 Å². The molecule has 1 rings (SSSR count). The summed E-state index contributed by atoms with van der Waals surface area (Å²) in [6, 6.07) is 4.13. The van der Waals surface area contributed by atoms with Crippen LogP contribution in [0.5, 0.6) is 0 Å². The highest BCUT2D eigenvalue weighted by atomic mass is 35.5. The topological polar surface area (TPSA) is 46.2 Å². The number of aliphatic hydroxyl groups excluding tert-OH is 1.